The van der Waals surface area contributed by atoms with Gasteiger partial charge in [-0.1, -0.05) is 47.7 Å². The molecule has 1 fully saturated rings. The van der Waals surface area contributed by atoms with Gasteiger partial charge in [-0.3, -0.25) is 4.79 Å². The van der Waals surface area contributed by atoms with Crippen LogP contribution in [0.2, 0.25) is 0 Å². The number of tetrazole rings is 1. The van der Waals surface area contributed by atoms with Crippen molar-refractivity contribution < 1.29 is 18.7 Å². The summed E-state index contributed by atoms with van der Waals surface area (Å²) in [4.78, 5) is 16.2. The Morgan fingerprint density at radius 3 is 2.78 bits per heavy atom. The highest BCUT2D eigenvalue weighted by molar-refractivity contribution is 7.12. The number of hydrogen-bond donors (Lipinski definition) is 2. The molecule has 0 bridgehead atoms. The van der Waals surface area contributed by atoms with E-state index in [4.69, 9.17) is 0 Å². The van der Waals surface area contributed by atoms with Crippen molar-refractivity contribution in [2.75, 3.05) is 6.54 Å². The first kappa shape index (κ1) is 22.2. The Labute approximate surface area is 187 Å². The third-order valence-electron chi connectivity index (χ3n) is 5.46. The molecule has 0 radical (unpaired) electrons. The van der Waals surface area contributed by atoms with Crippen molar-refractivity contribution >= 4 is 17.2 Å². The number of likely N-dealkylation sites (tertiary alicyclic amines) is 1. The largest absolute Gasteiger partial charge is 0.382 e. The molecule has 3 aromatic rings. The zero-order valence-electron chi connectivity index (χ0n) is 17.2. The number of aromatic nitrogens is 4. The van der Waals surface area contributed by atoms with Crippen LogP contribution in [-0.4, -0.2) is 55.2 Å². The standard InChI is InChI=1S/C22H23F2N5O2S/c23-22(24,15-4-2-1-3-5-15)19(30)10-6-16-7-11-21(31)29(16)13-12-17-8-9-18(32-17)14-20-25-27-28-26-20/h1-6,8-10,16,19,30H,7,11-14H2,(H,25,26,27,28)/t16-,19?/m0/s1. The van der Waals surface area contributed by atoms with Gasteiger partial charge in [-0.2, -0.15) is 14.0 Å². The Balaban J connectivity index is 1.35. The smallest absolute Gasteiger partial charge is 0.302 e. The van der Waals surface area contributed by atoms with Gasteiger partial charge in [0.1, 0.15) is 6.10 Å². The quantitative estimate of drug-likeness (QED) is 0.480. The van der Waals surface area contributed by atoms with Crippen molar-refractivity contribution in [2.24, 2.45) is 0 Å². The number of halogens is 2. The van der Waals surface area contributed by atoms with E-state index in [1.165, 1.54) is 30.3 Å². The number of rotatable bonds is 9. The van der Waals surface area contributed by atoms with E-state index in [2.05, 4.69) is 20.6 Å². The SMILES string of the molecule is O=C1CC[C@H](C=CC(O)C(F)(F)c2ccccc2)N1CCc1ccc(Cc2nn[nH]n2)s1. The van der Waals surface area contributed by atoms with Crippen LogP contribution in [0.5, 0.6) is 0 Å². The number of nitrogens with zero attached hydrogens (tertiary/aromatic N) is 4. The van der Waals surface area contributed by atoms with Crippen LogP contribution in [0.4, 0.5) is 8.78 Å². The lowest BCUT2D eigenvalue weighted by Gasteiger charge is -2.24. The average molecular weight is 460 g/mol. The number of alkyl halides is 2. The second kappa shape index (κ2) is 9.66. The van der Waals surface area contributed by atoms with E-state index >= 15 is 0 Å². The molecule has 0 saturated carbocycles. The molecule has 1 amide bonds. The molecule has 2 N–H and O–H groups in total. The molecule has 10 heteroatoms. The maximum absolute atomic E-state index is 14.5. The summed E-state index contributed by atoms with van der Waals surface area (Å²) >= 11 is 1.62. The highest BCUT2D eigenvalue weighted by Gasteiger charge is 2.39. The van der Waals surface area contributed by atoms with Gasteiger partial charge in [0.2, 0.25) is 5.91 Å². The van der Waals surface area contributed by atoms with Crippen LogP contribution in [0.25, 0.3) is 0 Å². The van der Waals surface area contributed by atoms with Crippen LogP contribution in [0.3, 0.4) is 0 Å². The molecule has 7 nitrogen and oxygen atoms in total. The zero-order chi connectivity index (χ0) is 22.6. The second-order valence-electron chi connectivity index (χ2n) is 7.63. The fraction of sp³-hybridized carbons (Fsp3) is 0.364. The van der Waals surface area contributed by atoms with Crippen LogP contribution in [0.1, 0.15) is 34.0 Å². The molecule has 1 saturated heterocycles. The lowest BCUT2D eigenvalue weighted by molar-refractivity contribution is -0.128. The van der Waals surface area contributed by atoms with E-state index in [-0.39, 0.29) is 17.5 Å². The molecule has 168 valence electrons. The summed E-state index contributed by atoms with van der Waals surface area (Å²) in [6, 6.07) is 10.9. The molecular weight excluding hydrogens is 436 g/mol. The predicted octanol–water partition coefficient (Wildman–Crippen LogP) is 3.09. The summed E-state index contributed by atoms with van der Waals surface area (Å²) in [5.74, 6) is -2.80. The van der Waals surface area contributed by atoms with Crippen LogP contribution in [-0.2, 0) is 23.6 Å². The molecule has 1 aromatic carbocycles. The first-order valence-electron chi connectivity index (χ1n) is 10.3. The fourth-order valence-corrected chi connectivity index (χ4v) is 4.73. The van der Waals surface area contributed by atoms with Gasteiger partial charge in [-0.05, 0) is 25.0 Å². The number of nitrogens with one attached hydrogen (secondary N) is 1. The zero-order valence-corrected chi connectivity index (χ0v) is 18.0. The predicted molar refractivity (Wildman–Crippen MR) is 115 cm³/mol. The number of hydrogen-bond acceptors (Lipinski definition) is 6. The van der Waals surface area contributed by atoms with Crippen molar-refractivity contribution in [3.8, 4) is 0 Å². The highest BCUT2D eigenvalue weighted by Crippen LogP contribution is 2.33. The average Bonchev–Trinajstić information content (AvgIpc) is 3.54. The highest BCUT2D eigenvalue weighted by atomic mass is 32.1. The van der Waals surface area contributed by atoms with Gasteiger partial charge in [0.05, 0.1) is 6.04 Å². The topological polar surface area (TPSA) is 95.0 Å². The summed E-state index contributed by atoms with van der Waals surface area (Å²) in [6.45, 7) is 0.487. The molecule has 4 rings (SSSR count). The van der Waals surface area contributed by atoms with E-state index in [0.29, 0.717) is 38.1 Å². The second-order valence-corrected chi connectivity index (χ2v) is 8.89. The van der Waals surface area contributed by atoms with Gasteiger partial charge in [0.25, 0.3) is 0 Å². The normalized spacial score (nSPS) is 18.0. The Kier molecular flexibility index (Phi) is 6.71. The molecule has 0 aliphatic carbocycles. The number of carbonyl (C=O) groups excluding carboxylic acids is 1. The van der Waals surface area contributed by atoms with E-state index < -0.39 is 12.0 Å². The van der Waals surface area contributed by atoms with Gasteiger partial charge >= 0.3 is 5.92 Å². The number of aromatic amines is 1. The molecule has 2 atom stereocenters. The van der Waals surface area contributed by atoms with Crippen LogP contribution in [0.15, 0.2) is 54.6 Å². The first-order valence-corrected chi connectivity index (χ1v) is 11.1. The Morgan fingerprint density at radius 2 is 2.03 bits per heavy atom. The van der Waals surface area contributed by atoms with Crippen molar-refractivity contribution in [3.63, 3.8) is 0 Å². The molecular formula is C22H23F2N5O2S. The monoisotopic (exact) mass is 459 g/mol. The third kappa shape index (κ3) is 5.08. The summed E-state index contributed by atoms with van der Waals surface area (Å²) in [7, 11) is 0. The van der Waals surface area contributed by atoms with E-state index in [1.54, 1.807) is 22.3 Å². The molecule has 1 unspecified atom stereocenters. The Hall–Kier alpha value is -2.98. The molecule has 2 aromatic heterocycles. The summed E-state index contributed by atoms with van der Waals surface area (Å²) in [5.41, 5.74) is -0.245. The minimum Gasteiger partial charge on any atom is -0.382 e. The van der Waals surface area contributed by atoms with Crippen molar-refractivity contribution in [1.82, 2.24) is 25.5 Å². The van der Waals surface area contributed by atoms with Gasteiger partial charge in [0, 0.05) is 34.7 Å². The van der Waals surface area contributed by atoms with Gasteiger partial charge < -0.3 is 10.0 Å². The fourth-order valence-electron chi connectivity index (χ4n) is 3.73. The van der Waals surface area contributed by atoms with Crippen LogP contribution in [0, 0.1) is 0 Å². The maximum Gasteiger partial charge on any atom is 0.302 e. The number of amides is 1. The van der Waals surface area contributed by atoms with Crippen molar-refractivity contribution in [3.05, 3.63) is 75.8 Å². The Morgan fingerprint density at radius 1 is 1.25 bits per heavy atom. The number of carbonyl (C=O) groups is 1. The number of aliphatic hydroxyl groups is 1. The van der Waals surface area contributed by atoms with E-state index in [1.807, 2.05) is 12.1 Å². The van der Waals surface area contributed by atoms with Gasteiger partial charge in [0.15, 0.2) is 5.82 Å². The third-order valence-corrected chi connectivity index (χ3v) is 6.60. The number of thiophene rings is 1. The lowest BCUT2D eigenvalue weighted by atomic mass is 10.0. The Bertz CT molecular complexity index is 1060. The minimum atomic E-state index is -3.41. The maximum atomic E-state index is 14.5. The van der Waals surface area contributed by atoms with Gasteiger partial charge in [-0.15, -0.1) is 21.5 Å². The lowest BCUT2D eigenvalue weighted by Crippen LogP contribution is -2.34. The minimum absolute atomic E-state index is 0.00691. The summed E-state index contributed by atoms with van der Waals surface area (Å²) in [5, 5.41) is 24.0. The molecule has 0 spiro atoms. The molecule has 1 aliphatic rings. The van der Waals surface area contributed by atoms with Crippen LogP contribution >= 0.6 is 11.3 Å². The number of H-pyrrole nitrogens is 1. The van der Waals surface area contributed by atoms with E-state index in [9.17, 15) is 18.7 Å². The number of aliphatic hydroxyl groups excluding tert-OH is 1. The van der Waals surface area contributed by atoms with Crippen LogP contribution < -0.4 is 0 Å². The van der Waals surface area contributed by atoms with Crippen molar-refractivity contribution in [2.45, 2.75) is 43.8 Å². The van der Waals surface area contributed by atoms with Crippen molar-refractivity contribution in [1.29, 1.82) is 0 Å². The molecule has 1 aliphatic heterocycles. The number of benzene rings is 1. The summed E-state index contributed by atoms with van der Waals surface area (Å²) < 4.78 is 29.0. The van der Waals surface area contributed by atoms with E-state index in [0.717, 1.165) is 15.8 Å². The van der Waals surface area contributed by atoms with Gasteiger partial charge in [-0.25, -0.2) is 0 Å². The molecule has 32 heavy (non-hydrogen) atoms. The molecule has 3 heterocycles. The summed E-state index contributed by atoms with van der Waals surface area (Å²) in [6.07, 6.45) is 2.84. The first-order chi connectivity index (χ1) is 15.4.